The molecule has 2 aromatic carbocycles. The van der Waals surface area contributed by atoms with Gasteiger partial charge in [0.15, 0.2) is 6.61 Å². The Labute approximate surface area is 181 Å². The van der Waals surface area contributed by atoms with Crippen LogP contribution in [0.25, 0.3) is 11.5 Å². The molecule has 164 valence electrons. The maximum Gasteiger partial charge on any atom is 0.416 e. The minimum atomic E-state index is -4.40. The highest BCUT2D eigenvalue weighted by molar-refractivity contribution is 6.32. The van der Waals surface area contributed by atoms with E-state index < -0.39 is 11.7 Å². The molecule has 1 N–H and O–H groups in total. The molecule has 3 aromatic rings. The Morgan fingerprint density at radius 1 is 1.16 bits per heavy atom. The van der Waals surface area contributed by atoms with Crippen LogP contribution in [-0.4, -0.2) is 35.9 Å². The quantitative estimate of drug-likeness (QED) is 0.592. The SMILES string of the molecule is FC(F)(F)c1ccc(-c2nc(COc3ccc(C[C@@H]4CNCCO4)cc3Cl)no2)cc1. The molecule has 1 saturated heterocycles. The highest BCUT2D eigenvalue weighted by Crippen LogP contribution is 2.31. The van der Waals surface area contributed by atoms with Crippen LogP contribution < -0.4 is 10.1 Å². The zero-order chi connectivity index (χ0) is 21.8. The Morgan fingerprint density at radius 2 is 1.97 bits per heavy atom. The zero-order valence-corrected chi connectivity index (χ0v) is 17.0. The maximum absolute atomic E-state index is 12.7. The number of morpholine rings is 1. The second-order valence-electron chi connectivity index (χ2n) is 7.05. The number of rotatable bonds is 6. The van der Waals surface area contributed by atoms with Gasteiger partial charge in [0.25, 0.3) is 5.89 Å². The second-order valence-corrected chi connectivity index (χ2v) is 7.45. The van der Waals surface area contributed by atoms with Crippen molar-refractivity contribution in [2.75, 3.05) is 19.7 Å². The largest absolute Gasteiger partial charge is 0.484 e. The summed E-state index contributed by atoms with van der Waals surface area (Å²) in [6, 6.07) is 10.0. The molecule has 0 saturated carbocycles. The van der Waals surface area contributed by atoms with E-state index in [9.17, 15) is 13.2 Å². The van der Waals surface area contributed by atoms with Crippen molar-refractivity contribution in [1.82, 2.24) is 15.5 Å². The van der Waals surface area contributed by atoms with E-state index in [1.165, 1.54) is 12.1 Å². The average molecular weight is 454 g/mol. The molecule has 0 bridgehead atoms. The van der Waals surface area contributed by atoms with E-state index in [0.717, 1.165) is 37.2 Å². The van der Waals surface area contributed by atoms with Crippen molar-refractivity contribution in [3.05, 3.63) is 64.4 Å². The van der Waals surface area contributed by atoms with Crippen molar-refractivity contribution in [2.24, 2.45) is 0 Å². The first-order valence-electron chi connectivity index (χ1n) is 9.62. The van der Waals surface area contributed by atoms with Crippen molar-refractivity contribution in [3.63, 3.8) is 0 Å². The van der Waals surface area contributed by atoms with Gasteiger partial charge in [0.05, 0.1) is 23.3 Å². The molecule has 1 aliphatic rings. The van der Waals surface area contributed by atoms with E-state index in [-0.39, 0.29) is 24.4 Å². The number of halogens is 4. The molecule has 1 fully saturated rings. The van der Waals surface area contributed by atoms with Gasteiger partial charge in [-0.3, -0.25) is 0 Å². The van der Waals surface area contributed by atoms with Gasteiger partial charge < -0.3 is 19.3 Å². The molecule has 0 unspecified atom stereocenters. The van der Waals surface area contributed by atoms with Gasteiger partial charge in [0.2, 0.25) is 5.82 Å². The summed E-state index contributed by atoms with van der Waals surface area (Å²) in [5.41, 5.74) is 0.674. The van der Waals surface area contributed by atoms with Gasteiger partial charge in [-0.25, -0.2) is 0 Å². The van der Waals surface area contributed by atoms with Crippen molar-refractivity contribution in [1.29, 1.82) is 0 Å². The topological polar surface area (TPSA) is 69.4 Å². The third-order valence-electron chi connectivity index (χ3n) is 4.75. The molecular weight excluding hydrogens is 435 g/mol. The summed E-state index contributed by atoms with van der Waals surface area (Å²) in [4.78, 5) is 4.16. The first-order valence-corrected chi connectivity index (χ1v) is 10.00. The number of nitrogens with one attached hydrogen (secondary N) is 1. The minimum Gasteiger partial charge on any atom is -0.484 e. The smallest absolute Gasteiger partial charge is 0.416 e. The van der Waals surface area contributed by atoms with Crippen LogP contribution in [-0.2, 0) is 23.9 Å². The summed E-state index contributed by atoms with van der Waals surface area (Å²) in [7, 11) is 0. The third-order valence-corrected chi connectivity index (χ3v) is 5.04. The van der Waals surface area contributed by atoms with Crippen LogP contribution in [0.3, 0.4) is 0 Å². The van der Waals surface area contributed by atoms with Gasteiger partial charge in [0, 0.05) is 18.7 Å². The fraction of sp³-hybridized carbons (Fsp3) is 0.333. The van der Waals surface area contributed by atoms with Crippen LogP contribution in [0.5, 0.6) is 5.75 Å². The van der Waals surface area contributed by atoms with E-state index in [2.05, 4.69) is 15.5 Å². The lowest BCUT2D eigenvalue weighted by atomic mass is 10.1. The normalized spacial score (nSPS) is 17.0. The minimum absolute atomic E-state index is 0.00113. The van der Waals surface area contributed by atoms with Gasteiger partial charge in [-0.15, -0.1) is 0 Å². The predicted octanol–water partition coefficient (Wildman–Crippen LogP) is 4.52. The highest BCUT2D eigenvalue weighted by Gasteiger charge is 2.30. The van der Waals surface area contributed by atoms with Crippen molar-refractivity contribution >= 4 is 11.6 Å². The molecule has 6 nitrogen and oxygen atoms in total. The molecule has 2 heterocycles. The number of alkyl halides is 3. The lowest BCUT2D eigenvalue weighted by Crippen LogP contribution is -2.39. The van der Waals surface area contributed by atoms with Crippen LogP contribution >= 0.6 is 11.6 Å². The molecule has 31 heavy (non-hydrogen) atoms. The second kappa shape index (κ2) is 9.25. The molecular formula is C21H19ClF3N3O3. The Morgan fingerprint density at radius 3 is 2.65 bits per heavy atom. The fourth-order valence-corrected chi connectivity index (χ4v) is 3.43. The maximum atomic E-state index is 12.7. The van der Waals surface area contributed by atoms with Crippen LogP contribution in [0.4, 0.5) is 13.2 Å². The average Bonchev–Trinajstić information content (AvgIpc) is 3.22. The van der Waals surface area contributed by atoms with E-state index >= 15 is 0 Å². The fourth-order valence-electron chi connectivity index (χ4n) is 3.18. The number of nitrogens with zero attached hydrogens (tertiary/aromatic N) is 2. The molecule has 1 aliphatic heterocycles. The molecule has 0 aliphatic carbocycles. The summed E-state index contributed by atoms with van der Waals surface area (Å²) in [5, 5.41) is 7.54. The summed E-state index contributed by atoms with van der Waals surface area (Å²) in [6.45, 7) is 2.35. The Kier molecular flexibility index (Phi) is 6.45. The number of aromatic nitrogens is 2. The molecule has 0 spiro atoms. The standard InChI is InChI=1S/C21H19ClF3N3O3/c22-17-10-13(9-16-11-26-7-8-29-16)1-6-18(17)30-12-19-27-20(31-28-19)14-2-4-15(5-3-14)21(23,24)25/h1-6,10,16,26H,7-9,11-12H2/t16-/m1/s1. The third kappa shape index (κ3) is 5.55. The molecule has 0 amide bonds. The summed E-state index contributed by atoms with van der Waals surface area (Å²) in [6.07, 6.45) is -3.55. The van der Waals surface area contributed by atoms with E-state index in [0.29, 0.717) is 22.9 Å². The molecule has 0 radical (unpaired) electrons. The first kappa shape index (κ1) is 21.6. The Hall–Kier alpha value is -2.62. The zero-order valence-electron chi connectivity index (χ0n) is 16.3. The first-order chi connectivity index (χ1) is 14.9. The number of benzene rings is 2. The van der Waals surface area contributed by atoms with Crippen LogP contribution in [0.15, 0.2) is 47.0 Å². The number of ether oxygens (including phenoxy) is 2. The Bertz CT molecular complexity index is 1020. The van der Waals surface area contributed by atoms with E-state index in [1.54, 1.807) is 6.07 Å². The van der Waals surface area contributed by atoms with E-state index in [4.69, 9.17) is 25.6 Å². The molecule has 4 rings (SSSR count). The number of hydrogen-bond donors (Lipinski definition) is 1. The van der Waals surface area contributed by atoms with Crippen molar-refractivity contribution in [3.8, 4) is 17.2 Å². The van der Waals surface area contributed by atoms with E-state index in [1.807, 2.05) is 12.1 Å². The highest BCUT2D eigenvalue weighted by atomic mass is 35.5. The van der Waals surface area contributed by atoms with Gasteiger partial charge >= 0.3 is 6.18 Å². The van der Waals surface area contributed by atoms with Crippen LogP contribution in [0.2, 0.25) is 5.02 Å². The lowest BCUT2D eigenvalue weighted by Gasteiger charge is -2.23. The van der Waals surface area contributed by atoms with Crippen LogP contribution in [0, 0.1) is 0 Å². The summed E-state index contributed by atoms with van der Waals surface area (Å²) < 4.78 is 54.5. The molecule has 1 atom stereocenters. The van der Waals surface area contributed by atoms with Gasteiger partial charge in [-0.1, -0.05) is 22.8 Å². The van der Waals surface area contributed by atoms with Gasteiger partial charge in [-0.2, -0.15) is 18.2 Å². The van der Waals surface area contributed by atoms with Crippen molar-refractivity contribution < 1.29 is 27.2 Å². The van der Waals surface area contributed by atoms with Gasteiger partial charge in [-0.05, 0) is 48.4 Å². The van der Waals surface area contributed by atoms with Gasteiger partial charge in [0.1, 0.15) is 5.75 Å². The predicted molar refractivity (Wildman–Crippen MR) is 107 cm³/mol. The van der Waals surface area contributed by atoms with Crippen molar-refractivity contribution in [2.45, 2.75) is 25.3 Å². The lowest BCUT2D eigenvalue weighted by molar-refractivity contribution is -0.137. The molecule has 1 aromatic heterocycles. The number of hydrogen-bond acceptors (Lipinski definition) is 6. The molecule has 10 heteroatoms. The van der Waals surface area contributed by atoms with Crippen LogP contribution in [0.1, 0.15) is 17.0 Å². The Balaban J connectivity index is 1.36. The monoisotopic (exact) mass is 453 g/mol. The summed E-state index contributed by atoms with van der Waals surface area (Å²) >= 11 is 6.33. The summed E-state index contributed by atoms with van der Waals surface area (Å²) in [5.74, 6) is 0.820.